The minimum atomic E-state index is 0.225. The Labute approximate surface area is 135 Å². The van der Waals surface area contributed by atoms with Gasteiger partial charge in [0.05, 0.1) is 11.6 Å². The Kier molecular flexibility index (Phi) is 3.68. The third-order valence-electron chi connectivity index (χ3n) is 4.66. The number of nitriles is 1. The van der Waals surface area contributed by atoms with Gasteiger partial charge in [-0.2, -0.15) is 5.26 Å². The summed E-state index contributed by atoms with van der Waals surface area (Å²) < 4.78 is 6.21. The van der Waals surface area contributed by atoms with Gasteiger partial charge in [-0.15, -0.1) is 0 Å². The van der Waals surface area contributed by atoms with Gasteiger partial charge in [0.15, 0.2) is 0 Å². The van der Waals surface area contributed by atoms with E-state index in [1.54, 1.807) is 12.4 Å². The maximum atomic E-state index is 9.29. The quantitative estimate of drug-likeness (QED) is 0.944. The fraction of sp³-hybridized carbons (Fsp3) is 0.389. The summed E-state index contributed by atoms with van der Waals surface area (Å²) >= 11 is 0. The molecule has 5 heteroatoms. The number of piperidine rings is 1. The maximum absolute atomic E-state index is 9.29. The Morgan fingerprint density at radius 3 is 2.48 bits per heavy atom. The number of ether oxygens (including phenoxy) is 1. The molecule has 1 aromatic heterocycles. The van der Waals surface area contributed by atoms with Crippen molar-refractivity contribution in [3.05, 3.63) is 42.5 Å². The zero-order valence-corrected chi connectivity index (χ0v) is 12.8. The Balaban J connectivity index is 1.60. The predicted molar refractivity (Wildman–Crippen MR) is 85.8 cm³/mol. The highest BCUT2D eigenvalue weighted by molar-refractivity contribution is 5.65. The van der Waals surface area contributed by atoms with Crippen molar-refractivity contribution in [1.82, 2.24) is 15.3 Å². The van der Waals surface area contributed by atoms with Crippen molar-refractivity contribution in [2.24, 2.45) is 0 Å². The first-order chi connectivity index (χ1) is 11.3. The van der Waals surface area contributed by atoms with Crippen molar-refractivity contribution >= 4 is 0 Å². The van der Waals surface area contributed by atoms with Crippen LogP contribution >= 0.6 is 0 Å². The largest absolute Gasteiger partial charge is 0.490 e. The Hall–Kier alpha value is -2.45. The topological polar surface area (TPSA) is 70.8 Å². The lowest BCUT2D eigenvalue weighted by molar-refractivity contribution is 0.137. The summed E-state index contributed by atoms with van der Waals surface area (Å²) in [5, 5.41) is 12.9. The molecule has 0 aliphatic carbocycles. The fourth-order valence-corrected chi connectivity index (χ4v) is 3.64. The summed E-state index contributed by atoms with van der Waals surface area (Å²) in [5.41, 5.74) is 2.40. The minimum Gasteiger partial charge on any atom is -0.490 e. The van der Waals surface area contributed by atoms with E-state index in [0.717, 1.165) is 29.7 Å². The molecule has 2 unspecified atom stereocenters. The lowest BCUT2D eigenvalue weighted by Crippen LogP contribution is -2.42. The maximum Gasteiger partial charge on any atom is 0.121 e. The number of fused-ring (bicyclic) bond motifs is 2. The van der Waals surface area contributed by atoms with E-state index in [9.17, 15) is 5.26 Å². The molecular weight excluding hydrogens is 288 g/mol. The van der Waals surface area contributed by atoms with Gasteiger partial charge in [0, 0.05) is 30.0 Å². The molecule has 2 aromatic rings. The Bertz CT molecular complexity index is 728. The summed E-state index contributed by atoms with van der Waals surface area (Å²) in [6, 6.07) is 9.02. The molecule has 2 fully saturated rings. The number of hydrogen-bond donors (Lipinski definition) is 1. The van der Waals surface area contributed by atoms with Crippen LogP contribution in [0.1, 0.15) is 31.2 Å². The molecule has 5 nitrogen and oxygen atoms in total. The number of nitrogens with zero attached hydrogens (tertiary/aromatic N) is 3. The van der Waals surface area contributed by atoms with Crippen LogP contribution in [0.4, 0.5) is 0 Å². The lowest BCUT2D eigenvalue weighted by Gasteiger charge is -2.29. The third-order valence-corrected chi connectivity index (χ3v) is 4.66. The van der Waals surface area contributed by atoms with Gasteiger partial charge in [-0.05, 0) is 49.4 Å². The van der Waals surface area contributed by atoms with Gasteiger partial charge < -0.3 is 10.1 Å². The van der Waals surface area contributed by atoms with E-state index in [2.05, 4.69) is 21.4 Å². The van der Waals surface area contributed by atoms with Crippen LogP contribution < -0.4 is 10.1 Å². The van der Waals surface area contributed by atoms with E-state index in [1.165, 1.54) is 19.2 Å². The van der Waals surface area contributed by atoms with Gasteiger partial charge in [0.25, 0.3) is 0 Å². The summed E-state index contributed by atoms with van der Waals surface area (Å²) in [6.07, 6.45) is 9.79. The molecule has 0 radical (unpaired) electrons. The third kappa shape index (κ3) is 3.03. The Morgan fingerprint density at radius 1 is 1.04 bits per heavy atom. The second-order valence-corrected chi connectivity index (χ2v) is 6.33. The van der Waals surface area contributed by atoms with E-state index < -0.39 is 0 Å². The summed E-state index contributed by atoms with van der Waals surface area (Å²) in [7, 11) is 0. The van der Waals surface area contributed by atoms with Crippen LogP contribution in [0.3, 0.4) is 0 Å². The van der Waals surface area contributed by atoms with Crippen molar-refractivity contribution in [2.75, 3.05) is 0 Å². The molecule has 2 atom stereocenters. The highest BCUT2D eigenvalue weighted by atomic mass is 16.5. The van der Waals surface area contributed by atoms with Gasteiger partial charge >= 0.3 is 0 Å². The molecule has 23 heavy (non-hydrogen) atoms. The van der Waals surface area contributed by atoms with Gasteiger partial charge in [0.1, 0.15) is 18.2 Å². The summed E-state index contributed by atoms with van der Waals surface area (Å²) in [4.78, 5) is 8.09. The number of benzene rings is 1. The first-order valence-corrected chi connectivity index (χ1v) is 8.03. The van der Waals surface area contributed by atoms with E-state index in [-0.39, 0.29) is 6.10 Å². The molecular formula is C18H18N4O. The normalized spacial score (nSPS) is 25.8. The van der Waals surface area contributed by atoms with E-state index in [1.807, 2.05) is 18.2 Å². The zero-order chi connectivity index (χ0) is 15.6. The monoisotopic (exact) mass is 306 g/mol. The van der Waals surface area contributed by atoms with E-state index >= 15 is 0 Å². The van der Waals surface area contributed by atoms with Crippen LogP contribution in [-0.2, 0) is 0 Å². The van der Waals surface area contributed by atoms with Crippen molar-refractivity contribution < 1.29 is 4.74 Å². The van der Waals surface area contributed by atoms with Gasteiger partial charge in [0.2, 0.25) is 0 Å². The molecule has 0 amide bonds. The molecule has 3 heterocycles. The molecule has 1 aromatic carbocycles. The van der Waals surface area contributed by atoms with Crippen molar-refractivity contribution in [2.45, 2.75) is 43.9 Å². The molecule has 2 aliphatic heterocycles. The smallest absolute Gasteiger partial charge is 0.121 e. The molecule has 2 bridgehead atoms. The molecule has 2 aliphatic rings. The van der Waals surface area contributed by atoms with Crippen molar-refractivity contribution in [1.29, 1.82) is 5.26 Å². The fourth-order valence-electron chi connectivity index (χ4n) is 3.64. The molecule has 116 valence electrons. The highest BCUT2D eigenvalue weighted by Gasteiger charge is 2.34. The van der Waals surface area contributed by atoms with Crippen LogP contribution in [0.2, 0.25) is 0 Å². The van der Waals surface area contributed by atoms with Crippen LogP contribution in [0, 0.1) is 11.3 Å². The average molecular weight is 306 g/mol. The standard InChI is InChI=1S/C18H18N4O/c19-8-12-3-13(14-9-20-11-21-10-14)5-17(4-12)23-18-6-15-1-2-16(7-18)22-15/h3-5,9-11,15-16,18,22H,1-2,6-7H2. The molecule has 2 saturated heterocycles. The second-order valence-electron chi connectivity index (χ2n) is 6.33. The highest BCUT2D eigenvalue weighted by Crippen LogP contribution is 2.31. The molecule has 1 N–H and O–H groups in total. The first kappa shape index (κ1) is 14.2. The van der Waals surface area contributed by atoms with Gasteiger partial charge in [-0.1, -0.05) is 0 Å². The summed E-state index contributed by atoms with van der Waals surface area (Å²) in [6.45, 7) is 0. The number of aromatic nitrogens is 2. The predicted octanol–water partition coefficient (Wildman–Crippen LogP) is 2.68. The van der Waals surface area contributed by atoms with Crippen LogP contribution in [-0.4, -0.2) is 28.2 Å². The zero-order valence-electron chi connectivity index (χ0n) is 12.8. The number of nitrogens with one attached hydrogen (secondary N) is 1. The van der Waals surface area contributed by atoms with Gasteiger partial charge in [-0.25, -0.2) is 9.97 Å². The van der Waals surface area contributed by atoms with Crippen LogP contribution in [0.5, 0.6) is 5.75 Å². The first-order valence-electron chi connectivity index (χ1n) is 8.03. The molecule has 4 rings (SSSR count). The molecule has 0 spiro atoms. The number of rotatable bonds is 3. The van der Waals surface area contributed by atoms with Gasteiger partial charge in [-0.3, -0.25) is 0 Å². The van der Waals surface area contributed by atoms with Crippen LogP contribution in [0.25, 0.3) is 11.1 Å². The minimum absolute atomic E-state index is 0.225. The van der Waals surface area contributed by atoms with E-state index in [0.29, 0.717) is 17.6 Å². The summed E-state index contributed by atoms with van der Waals surface area (Å²) in [5.74, 6) is 0.759. The van der Waals surface area contributed by atoms with Crippen molar-refractivity contribution in [3.8, 4) is 22.9 Å². The molecule has 0 saturated carbocycles. The van der Waals surface area contributed by atoms with E-state index in [4.69, 9.17) is 4.74 Å². The van der Waals surface area contributed by atoms with Crippen molar-refractivity contribution in [3.63, 3.8) is 0 Å². The lowest BCUT2D eigenvalue weighted by atomic mass is 10.0. The SMILES string of the molecule is N#Cc1cc(OC2CC3CCC(C2)N3)cc(-c2cncnc2)c1. The second kappa shape index (κ2) is 5.98. The van der Waals surface area contributed by atoms with Crippen LogP contribution in [0.15, 0.2) is 36.9 Å². The average Bonchev–Trinajstić information content (AvgIpc) is 2.94. The Morgan fingerprint density at radius 2 is 1.78 bits per heavy atom. The number of hydrogen-bond acceptors (Lipinski definition) is 5.